The molecule has 1 aromatic carbocycles. The molecule has 0 unspecified atom stereocenters. The van der Waals surface area contributed by atoms with Gasteiger partial charge in [0.25, 0.3) is 5.91 Å². The number of rotatable bonds is 4. The number of carbonyl (C=O) groups is 1. The molecule has 0 atom stereocenters. The molecule has 3 aromatic rings. The fraction of sp³-hybridized carbons (Fsp3) is 0.294. The van der Waals surface area contributed by atoms with E-state index in [-0.39, 0.29) is 5.91 Å². The van der Waals surface area contributed by atoms with Crippen molar-refractivity contribution in [1.29, 1.82) is 0 Å². The maximum atomic E-state index is 12.5. The molecule has 1 amide bonds. The number of methoxy groups -OCH3 is 1. The number of nitrogens with zero attached hydrogens (tertiary/aromatic N) is 2. The molecule has 0 N–H and O–H groups in total. The minimum atomic E-state index is -0.210. The molecule has 2 aromatic heterocycles. The second kappa shape index (κ2) is 7.31. The van der Waals surface area contributed by atoms with Crippen molar-refractivity contribution in [3.63, 3.8) is 0 Å². The van der Waals surface area contributed by atoms with Gasteiger partial charge in [0, 0.05) is 13.7 Å². The van der Waals surface area contributed by atoms with Crippen LogP contribution in [0.2, 0.25) is 0 Å². The Kier molecular flexibility index (Phi) is 5.34. The summed E-state index contributed by atoms with van der Waals surface area (Å²) in [6, 6.07) is 7.95. The van der Waals surface area contributed by atoms with Gasteiger partial charge < -0.3 is 9.30 Å². The standard InChI is InChI=1S/C17H17BrN2O2S2/c1-10-8-11(2)15-13(9-10)24-17(20(15)6-7-22-3)19-16(21)12-4-5-14(18)23-12/h4-5,8-9H,6-7H2,1-3H3. The van der Waals surface area contributed by atoms with Crippen LogP contribution < -0.4 is 4.80 Å². The van der Waals surface area contributed by atoms with E-state index in [9.17, 15) is 4.79 Å². The highest BCUT2D eigenvalue weighted by Gasteiger charge is 2.12. The first kappa shape index (κ1) is 17.5. The number of thiazole rings is 1. The quantitative estimate of drug-likeness (QED) is 0.617. The number of hydrogen-bond donors (Lipinski definition) is 0. The summed E-state index contributed by atoms with van der Waals surface area (Å²) < 4.78 is 9.38. The number of amides is 1. The molecule has 4 nitrogen and oxygen atoms in total. The van der Waals surface area contributed by atoms with Gasteiger partial charge >= 0.3 is 0 Å². The number of aryl methyl sites for hydroxylation is 2. The average molecular weight is 425 g/mol. The summed E-state index contributed by atoms with van der Waals surface area (Å²) in [7, 11) is 1.68. The Bertz CT molecular complexity index is 969. The van der Waals surface area contributed by atoms with Crippen LogP contribution in [0, 0.1) is 13.8 Å². The monoisotopic (exact) mass is 424 g/mol. The number of carbonyl (C=O) groups excluding carboxylic acids is 1. The van der Waals surface area contributed by atoms with Crippen molar-refractivity contribution >= 4 is 54.7 Å². The summed E-state index contributed by atoms with van der Waals surface area (Å²) >= 11 is 6.33. The van der Waals surface area contributed by atoms with Gasteiger partial charge in [0.1, 0.15) is 0 Å². The second-order valence-corrected chi connectivity index (χ2v) is 8.95. The zero-order valence-electron chi connectivity index (χ0n) is 13.6. The molecular weight excluding hydrogens is 408 g/mol. The number of halogens is 1. The van der Waals surface area contributed by atoms with E-state index in [0.717, 1.165) is 14.0 Å². The third kappa shape index (κ3) is 3.54. The zero-order valence-corrected chi connectivity index (χ0v) is 16.8. The van der Waals surface area contributed by atoms with E-state index in [1.807, 2.05) is 6.07 Å². The topological polar surface area (TPSA) is 43.6 Å². The zero-order chi connectivity index (χ0) is 17.3. The van der Waals surface area contributed by atoms with Crippen molar-refractivity contribution in [1.82, 2.24) is 4.57 Å². The minimum absolute atomic E-state index is 0.210. The Morgan fingerprint density at radius 2 is 2.08 bits per heavy atom. The number of benzene rings is 1. The second-order valence-electron chi connectivity index (χ2n) is 5.48. The molecule has 126 valence electrons. The van der Waals surface area contributed by atoms with Crippen molar-refractivity contribution in [2.75, 3.05) is 13.7 Å². The Morgan fingerprint density at radius 3 is 2.75 bits per heavy atom. The van der Waals surface area contributed by atoms with Crippen LogP contribution in [0.3, 0.4) is 0 Å². The summed E-state index contributed by atoms with van der Waals surface area (Å²) in [5.74, 6) is -0.210. The molecule has 0 aliphatic carbocycles. The first-order valence-electron chi connectivity index (χ1n) is 7.43. The van der Waals surface area contributed by atoms with E-state index in [1.165, 1.54) is 22.5 Å². The van der Waals surface area contributed by atoms with Crippen LogP contribution in [0.5, 0.6) is 0 Å². The molecule has 0 spiro atoms. The van der Waals surface area contributed by atoms with Crippen LogP contribution in [0.25, 0.3) is 10.2 Å². The van der Waals surface area contributed by atoms with Crippen LogP contribution >= 0.6 is 38.6 Å². The van der Waals surface area contributed by atoms with Gasteiger partial charge in [-0.05, 0) is 59.1 Å². The first-order valence-corrected chi connectivity index (χ1v) is 9.86. The lowest BCUT2D eigenvalue weighted by atomic mass is 10.1. The number of ether oxygens (including phenoxy) is 1. The molecule has 0 saturated heterocycles. The van der Waals surface area contributed by atoms with E-state index in [2.05, 4.69) is 51.5 Å². The van der Waals surface area contributed by atoms with Gasteiger partial charge in [-0.3, -0.25) is 4.79 Å². The highest BCUT2D eigenvalue weighted by atomic mass is 79.9. The van der Waals surface area contributed by atoms with Gasteiger partial charge in [0.15, 0.2) is 4.80 Å². The number of fused-ring (bicyclic) bond motifs is 1. The summed E-state index contributed by atoms with van der Waals surface area (Å²) in [4.78, 5) is 18.2. The molecule has 0 aliphatic rings. The molecule has 0 bridgehead atoms. The lowest BCUT2D eigenvalue weighted by molar-refractivity contribution is 0.100. The van der Waals surface area contributed by atoms with Crippen molar-refractivity contribution in [3.8, 4) is 0 Å². The Balaban J connectivity index is 2.17. The summed E-state index contributed by atoms with van der Waals surface area (Å²) in [6.45, 7) is 5.41. The lowest BCUT2D eigenvalue weighted by Crippen LogP contribution is -2.19. The highest BCUT2D eigenvalue weighted by Crippen LogP contribution is 2.24. The molecule has 0 aliphatic heterocycles. The lowest BCUT2D eigenvalue weighted by Gasteiger charge is -2.07. The Morgan fingerprint density at radius 1 is 1.29 bits per heavy atom. The van der Waals surface area contributed by atoms with Crippen molar-refractivity contribution < 1.29 is 9.53 Å². The predicted molar refractivity (Wildman–Crippen MR) is 103 cm³/mol. The smallest absolute Gasteiger partial charge is 0.289 e. The SMILES string of the molecule is COCCn1c(=NC(=O)c2ccc(Br)s2)sc2cc(C)cc(C)c21. The summed E-state index contributed by atoms with van der Waals surface area (Å²) in [6.07, 6.45) is 0. The van der Waals surface area contributed by atoms with Crippen molar-refractivity contribution in [2.45, 2.75) is 20.4 Å². The Hall–Kier alpha value is -1.28. The fourth-order valence-electron chi connectivity index (χ4n) is 2.64. The number of aromatic nitrogens is 1. The molecular formula is C17H17BrN2O2S2. The van der Waals surface area contributed by atoms with Gasteiger partial charge in [-0.2, -0.15) is 4.99 Å². The van der Waals surface area contributed by atoms with Crippen LogP contribution in [0.15, 0.2) is 33.0 Å². The Labute approximate surface area is 156 Å². The van der Waals surface area contributed by atoms with Crippen LogP contribution in [-0.2, 0) is 11.3 Å². The van der Waals surface area contributed by atoms with Gasteiger partial charge in [-0.1, -0.05) is 17.4 Å². The average Bonchev–Trinajstić information content (AvgIpc) is 3.09. The van der Waals surface area contributed by atoms with E-state index >= 15 is 0 Å². The molecule has 0 radical (unpaired) electrons. The van der Waals surface area contributed by atoms with E-state index in [1.54, 1.807) is 24.5 Å². The van der Waals surface area contributed by atoms with Gasteiger partial charge in [-0.15, -0.1) is 11.3 Å². The molecule has 2 heterocycles. The number of hydrogen-bond acceptors (Lipinski definition) is 4. The van der Waals surface area contributed by atoms with Crippen molar-refractivity contribution in [2.24, 2.45) is 4.99 Å². The molecule has 24 heavy (non-hydrogen) atoms. The van der Waals surface area contributed by atoms with E-state index in [4.69, 9.17) is 4.74 Å². The highest BCUT2D eigenvalue weighted by molar-refractivity contribution is 9.11. The van der Waals surface area contributed by atoms with Gasteiger partial charge in [-0.25, -0.2) is 0 Å². The normalized spacial score (nSPS) is 12.2. The fourth-order valence-corrected chi connectivity index (χ4v) is 5.14. The molecule has 0 fully saturated rings. The molecule has 0 saturated carbocycles. The summed E-state index contributed by atoms with van der Waals surface area (Å²) in [5, 5.41) is 0. The van der Waals surface area contributed by atoms with Crippen LogP contribution in [-0.4, -0.2) is 24.2 Å². The van der Waals surface area contributed by atoms with Gasteiger partial charge in [0.05, 0.1) is 25.5 Å². The van der Waals surface area contributed by atoms with Crippen molar-refractivity contribution in [3.05, 3.63) is 48.9 Å². The maximum Gasteiger partial charge on any atom is 0.289 e. The maximum absolute atomic E-state index is 12.5. The van der Waals surface area contributed by atoms with E-state index in [0.29, 0.717) is 22.8 Å². The summed E-state index contributed by atoms with van der Waals surface area (Å²) in [5.41, 5.74) is 3.52. The molecule has 7 heteroatoms. The predicted octanol–water partition coefficient (Wildman–Crippen LogP) is 4.53. The largest absolute Gasteiger partial charge is 0.383 e. The third-order valence-corrected chi connectivity index (χ3v) is 6.25. The van der Waals surface area contributed by atoms with Gasteiger partial charge in [0.2, 0.25) is 0 Å². The molecule has 3 rings (SSSR count). The number of thiophene rings is 1. The first-order chi connectivity index (χ1) is 11.5. The van der Waals surface area contributed by atoms with Crippen LogP contribution in [0.4, 0.5) is 0 Å². The minimum Gasteiger partial charge on any atom is -0.383 e. The third-order valence-electron chi connectivity index (χ3n) is 3.61. The van der Waals surface area contributed by atoms with Crippen LogP contribution in [0.1, 0.15) is 20.8 Å². The van der Waals surface area contributed by atoms with E-state index < -0.39 is 0 Å².